The number of ether oxygens (including phenoxy) is 1. The van der Waals surface area contributed by atoms with Crippen LogP contribution in [0, 0.1) is 0 Å². The van der Waals surface area contributed by atoms with Crippen molar-refractivity contribution in [2.24, 2.45) is 0 Å². The molecule has 1 saturated heterocycles. The van der Waals surface area contributed by atoms with Gasteiger partial charge in [0, 0.05) is 30.7 Å². The molecule has 1 aliphatic heterocycles. The third kappa shape index (κ3) is 4.06. The van der Waals surface area contributed by atoms with Crippen LogP contribution in [-0.4, -0.2) is 41.2 Å². The molecule has 19 heavy (non-hydrogen) atoms. The molecule has 1 N–H and O–H groups in total. The van der Waals surface area contributed by atoms with Crippen molar-refractivity contribution < 1.29 is 9.53 Å². The zero-order chi connectivity index (χ0) is 14.0. The van der Waals surface area contributed by atoms with E-state index in [-0.39, 0.29) is 12.1 Å². The smallest absolute Gasteiger partial charge is 0.410 e. The molecule has 106 valence electrons. The highest BCUT2D eigenvalue weighted by atomic mass is 35.5. The van der Waals surface area contributed by atoms with E-state index in [0.717, 1.165) is 11.4 Å². The van der Waals surface area contributed by atoms with Crippen molar-refractivity contribution in [2.45, 2.75) is 32.4 Å². The van der Waals surface area contributed by atoms with Crippen molar-refractivity contribution in [3.63, 3.8) is 0 Å². The minimum absolute atomic E-state index is 0.0752. The number of thiazole rings is 1. The fourth-order valence-corrected chi connectivity index (χ4v) is 2.88. The lowest BCUT2D eigenvalue weighted by molar-refractivity contribution is 0.0196. The summed E-state index contributed by atoms with van der Waals surface area (Å²) in [7, 11) is 0. The van der Waals surface area contributed by atoms with Crippen LogP contribution in [-0.2, 0) is 4.74 Å². The number of carbonyl (C=O) groups is 1. The van der Waals surface area contributed by atoms with Gasteiger partial charge in [0.1, 0.15) is 5.60 Å². The lowest BCUT2D eigenvalue weighted by Gasteiger charge is -2.34. The van der Waals surface area contributed by atoms with E-state index in [1.807, 2.05) is 20.8 Å². The molecule has 0 bridgehead atoms. The van der Waals surface area contributed by atoms with Crippen molar-refractivity contribution in [2.75, 3.05) is 19.6 Å². The van der Waals surface area contributed by atoms with Gasteiger partial charge >= 0.3 is 6.09 Å². The van der Waals surface area contributed by atoms with Crippen LogP contribution in [0.2, 0.25) is 4.47 Å². The van der Waals surface area contributed by atoms with Crippen LogP contribution < -0.4 is 5.32 Å². The summed E-state index contributed by atoms with van der Waals surface area (Å²) in [5, 5.41) is 3.36. The molecule has 5 nitrogen and oxygen atoms in total. The average molecular weight is 304 g/mol. The number of amides is 1. The Morgan fingerprint density at radius 1 is 1.63 bits per heavy atom. The lowest BCUT2D eigenvalue weighted by Crippen LogP contribution is -2.49. The Morgan fingerprint density at radius 2 is 2.37 bits per heavy atom. The molecule has 0 aliphatic carbocycles. The van der Waals surface area contributed by atoms with Crippen LogP contribution >= 0.6 is 22.9 Å². The third-order valence-electron chi connectivity index (χ3n) is 2.67. The molecule has 2 rings (SSSR count). The van der Waals surface area contributed by atoms with Crippen molar-refractivity contribution in [1.29, 1.82) is 0 Å². The molecule has 0 spiro atoms. The van der Waals surface area contributed by atoms with Gasteiger partial charge in [-0.1, -0.05) is 11.6 Å². The molecule has 1 aromatic heterocycles. The number of carbonyl (C=O) groups excluding carboxylic acids is 1. The molecule has 1 unspecified atom stereocenters. The number of rotatable bonds is 1. The second-order valence-electron chi connectivity index (χ2n) is 5.45. The number of aromatic nitrogens is 1. The summed E-state index contributed by atoms with van der Waals surface area (Å²) in [6.45, 7) is 7.57. The van der Waals surface area contributed by atoms with Gasteiger partial charge in [0.15, 0.2) is 4.47 Å². The van der Waals surface area contributed by atoms with Crippen LogP contribution in [0.25, 0.3) is 0 Å². The largest absolute Gasteiger partial charge is 0.444 e. The van der Waals surface area contributed by atoms with Gasteiger partial charge < -0.3 is 15.0 Å². The molecular weight excluding hydrogens is 286 g/mol. The van der Waals surface area contributed by atoms with Crippen molar-refractivity contribution in [3.05, 3.63) is 15.5 Å². The molecule has 1 amide bonds. The summed E-state index contributed by atoms with van der Waals surface area (Å²) in [6.07, 6.45) is 1.48. The summed E-state index contributed by atoms with van der Waals surface area (Å²) in [5.74, 6) is 0. The van der Waals surface area contributed by atoms with Crippen molar-refractivity contribution >= 4 is 29.0 Å². The summed E-state index contributed by atoms with van der Waals surface area (Å²) >= 11 is 7.27. The van der Waals surface area contributed by atoms with Gasteiger partial charge in [0.2, 0.25) is 0 Å². The highest BCUT2D eigenvalue weighted by molar-refractivity contribution is 7.15. The molecule has 1 fully saturated rings. The number of hydrogen-bond donors (Lipinski definition) is 1. The molecule has 1 atom stereocenters. The fraction of sp³-hybridized carbons (Fsp3) is 0.667. The van der Waals surface area contributed by atoms with E-state index < -0.39 is 5.60 Å². The van der Waals surface area contributed by atoms with E-state index in [9.17, 15) is 4.79 Å². The lowest BCUT2D eigenvalue weighted by atomic mass is 10.2. The predicted molar refractivity (Wildman–Crippen MR) is 75.7 cm³/mol. The van der Waals surface area contributed by atoms with E-state index in [1.54, 1.807) is 11.1 Å². The Morgan fingerprint density at radius 3 is 2.95 bits per heavy atom. The van der Waals surface area contributed by atoms with E-state index in [0.29, 0.717) is 17.6 Å². The number of nitrogens with one attached hydrogen (secondary N) is 1. The Balaban J connectivity index is 1.99. The Kier molecular flexibility index (Phi) is 4.32. The second-order valence-corrected chi connectivity index (χ2v) is 7.09. The molecule has 0 aromatic carbocycles. The zero-order valence-corrected chi connectivity index (χ0v) is 12.8. The van der Waals surface area contributed by atoms with E-state index in [4.69, 9.17) is 16.3 Å². The Bertz CT molecular complexity index is 458. The SMILES string of the molecule is CC(C)(C)OC(=O)N1CCNC(c2cnc(Cl)s2)C1. The zero-order valence-electron chi connectivity index (χ0n) is 11.3. The van der Waals surface area contributed by atoms with Gasteiger partial charge in [-0.2, -0.15) is 0 Å². The Hall–Kier alpha value is -0.850. The summed E-state index contributed by atoms with van der Waals surface area (Å²) < 4.78 is 5.91. The summed E-state index contributed by atoms with van der Waals surface area (Å²) in [6, 6.07) is 0.0752. The van der Waals surface area contributed by atoms with Gasteiger partial charge in [-0.25, -0.2) is 9.78 Å². The highest BCUT2D eigenvalue weighted by Crippen LogP contribution is 2.26. The number of hydrogen-bond acceptors (Lipinski definition) is 5. The number of piperazine rings is 1. The third-order valence-corrected chi connectivity index (χ3v) is 3.89. The molecule has 1 aromatic rings. The quantitative estimate of drug-likeness (QED) is 0.866. The normalized spacial score (nSPS) is 20.4. The monoisotopic (exact) mass is 303 g/mol. The van der Waals surface area contributed by atoms with E-state index in [2.05, 4.69) is 10.3 Å². The maximum atomic E-state index is 12.0. The molecule has 0 saturated carbocycles. The van der Waals surface area contributed by atoms with Gasteiger partial charge in [-0.3, -0.25) is 0 Å². The first-order chi connectivity index (χ1) is 8.85. The maximum absolute atomic E-state index is 12.0. The van der Waals surface area contributed by atoms with Crippen LogP contribution in [0.4, 0.5) is 4.79 Å². The van der Waals surface area contributed by atoms with Gasteiger partial charge in [0.05, 0.1) is 6.04 Å². The van der Waals surface area contributed by atoms with Crippen LogP contribution in [0.15, 0.2) is 6.20 Å². The Labute approximate surface area is 121 Å². The molecule has 0 radical (unpaired) electrons. The minimum atomic E-state index is -0.467. The number of nitrogens with zero attached hydrogens (tertiary/aromatic N) is 2. The first-order valence-corrected chi connectivity index (χ1v) is 7.37. The molecule has 2 heterocycles. The minimum Gasteiger partial charge on any atom is -0.444 e. The first kappa shape index (κ1) is 14.6. The number of halogens is 1. The average Bonchev–Trinajstić information content (AvgIpc) is 2.74. The van der Waals surface area contributed by atoms with Crippen molar-refractivity contribution in [3.8, 4) is 0 Å². The van der Waals surface area contributed by atoms with Crippen LogP contribution in [0.5, 0.6) is 0 Å². The van der Waals surface area contributed by atoms with Gasteiger partial charge in [0.25, 0.3) is 0 Å². The topological polar surface area (TPSA) is 54.5 Å². The van der Waals surface area contributed by atoms with Gasteiger partial charge in [-0.15, -0.1) is 11.3 Å². The molecular formula is C12H18ClN3O2S. The maximum Gasteiger partial charge on any atom is 0.410 e. The van der Waals surface area contributed by atoms with E-state index in [1.165, 1.54) is 11.3 Å². The van der Waals surface area contributed by atoms with E-state index >= 15 is 0 Å². The standard InChI is InChI=1S/C12H18ClN3O2S/c1-12(2,3)18-11(17)16-5-4-14-8(7-16)9-6-15-10(13)19-9/h6,8,14H,4-5,7H2,1-3H3. The molecule has 7 heteroatoms. The van der Waals surface area contributed by atoms with Gasteiger partial charge in [-0.05, 0) is 20.8 Å². The molecule has 1 aliphatic rings. The highest BCUT2D eigenvalue weighted by Gasteiger charge is 2.28. The van der Waals surface area contributed by atoms with Crippen molar-refractivity contribution in [1.82, 2.24) is 15.2 Å². The van der Waals surface area contributed by atoms with Crippen LogP contribution in [0.1, 0.15) is 31.7 Å². The first-order valence-electron chi connectivity index (χ1n) is 6.18. The summed E-state index contributed by atoms with van der Waals surface area (Å²) in [4.78, 5) is 18.8. The summed E-state index contributed by atoms with van der Waals surface area (Å²) in [5.41, 5.74) is -0.467. The fourth-order valence-electron chi connectivity index (χ4n) is 1.86. The predicted octanol–water partition coefficient (Wildman–Crippen LogP) is 2.68. The van der Waals surface area contributed by atoms with Crippen LogP contribution in [0.3, 0.4) is 0 Å². The second kappa shape index (κ2) is 5.64.